The SMILES string of the molecule is NC1CCC(N2CCC(CC3(c4cccc(C(F)(F)F)c4)OCCO3)C2=O)C(CS(=O)(=O)c2ccccc2)C1. The molecule has 2 aromatic carbocycles. The van der Waals surface area contributed by atoms with Crippen molar-refractivity contribution < 1.29 is 35.9 Å². The van der Waals surface area contributed by atoms with Gasteiger partial charge in [-0.2, -0.15) is 13.2 Å². The van der Waals surface area contributed by atoms with Crippen LogP contribution >= 0.6 is 0 Å². The molecule has 4 unspecified atom stereocenters. The van der Waals surface area contributed by atoms with Crippen molar-refractivity contribution in [2.45, 2.75) is 61.0 Å². The lowest BCUT2D eigenvalue weighted by atomic mass is 9.82. The van der Waals surface area contributed by atoms with E-state index in [4.69, 9.17) is 15.2 Å². The van der Waals surface area contributed by atoms with Gasteiger partial charge in [0.25, 0.3) is 0 Å². The second kappa shape index (κ2) is 10.8. The fraction of sp³-hybridized carbons (Fsp3) is 0.536. The number of carbonyl (C=O) groups excluding carboxylic acids is 1. The normalized spacial score (nSPS) is 27.7. The fourth-order valence-corrected chi connectivity index (χ4v) is 7.96. The molecule has 39 heavy (non-hydrogen) atoms. The number of halogens is 3. The summed E-state index contributed by atoms with van der Waals surface area (Å²) in [4.78, 5) is 15.7. The number of carbonyl (C=O) groups is 1. The van der Waals surface area contributed by atoms with Gasteiger partial charge in [-0.05, 0) is 55.9 Å². The highest BCUT2D eigenvalue weighted by Crippen LogP contribution is 2.43. The molecule has 3 fully saturated rings. The van der Waals surface area contributed by atoms with Crippen molar-refractivity contribution in [3.63, 3.8) is 0 Å². The largest absolute Gasteiger partial charge is 0.416 e. The third-order valence-electron chi connectivity index (χ3n) is 8.17. The molecule has 3 aliphatic rings. The van der Waals surface area contributed by atoms with E-state index < -0.39 is 33.3 Å². The Kier molecular flexibility index (Phi) is 7.80. The molecule has 7 nitrogen and oxygen atoms in total. The van der Waals surface area contributed by atoms with Crippen LogP contribution in [0.3, 0.4) is 0 Å². The minimum Gasteiger partial charge on any atom is -0.343 e. The summed E-state index contributed by atoms with van der Waals surface area (Å²) >= 11 is 0. The van der Waals surface area contributed by atoms with Gasteiger partial charge in [0.1, 0.15) is 0 Å². The number of hydrogen-bond acceptors (Lipinski definition) is 6. The predicted octanol–water partition coefficient (Wildman–Crippen LogP) is 4.11. The number of alkyl halides is 3. The van der Waals surface area contributed by atoms with Crippen molar-refractivity contribution in [2.24, 2.45) is 17.6 Å². The minimum atomic E-state index is -4.52. The molecule has 0 spiro atoms. The first-order chi connectivity index (χ1) is 18.5. The van der Waals surface area contributed by atoms with Gasteiger partial charge in [0.2, 0.25) is 5.91 Å². The second-order valence-electron chi connectivity index (χ2n) is 10.7. The molecule has 212 valence electrons. The highest BCUT2D eigenvalue weighted by atomic mass is 32.2. The Labute approximate surface area is 226 Å². The number of amides is 1. The average Bonchev–Trinajstić information content (AvgIpc) is 3.52. The lowest BCUT2D eigenvalue weighted by Crippen LogP contribution is -2.50. The van der Waals surface area contributed by atoms with Crippen LogP contribution in [0.2, 0.25) is 0 Å². The molecule has 1 amide bonds. The Hall–Kier alpha value is -2.47. The van der Waals surface area contributed by atoms with E-state index in [1.165, 1.54) is 12.1 Å². The van der Waals surface area contributed by atoms with Crippen LogP contribution in [0.5, 0.6) is 0 Å². The Morgan fingerprint density at radius 2 is 1.72 bits per heavy atom. The Morgan fingerprint density at radius 3 is 2.41 bits per heavy atom. The van der Waals surface area contributed by atoms with E-state index in [2.05, 4.69) is 0 Å². The predicted molar refractivity (Wildman–Crippen MR) is 137 cm³/mol. The summed E-state index contributed by atoms with van der Waals surface area (Å²) in [6.07, 6.45) is -2.18. The van der Waals surface area contributed by atoms with E-state index in [-0.39, 0.29) is 59.8 Å². The number of nitrogens with two attached hydrogens (primary N) is 1. The van der Waals surface area contributed by atoms with Crippen molar-refractivity contribution in [1.82, 2.24) is 4.90 Å². The van der Waals surface area contributed by atoms with E-state index in [9.17, 15) is 26.4 Å². The second-order valence-corrected chi connectivity index (χ2v) is 12.8. The van der Waals surface area contributed by atoms with Gasteiger partial charge in [0.05, 0.1) is 29.4 Å². The smallest absolute Gasteiger partial charge is 0.343 e. The Morgan fingerprint density at radius 1 is 1.00 bits per heavy atom. The molecule has 2 saturated heterocycles. The van der Waals surface area contributed by atoms with E-state index in [1.807, 2.05) is 0 Å². The lowest BCUT2D eigenvalue weighted by molar-refractivity contribution is -0.182. The summed E-state index contributed by atoms with van der Waals surface area (Å²) in [6, 6.07) is 12.7. The van der Waals surface area contributed by atoms with Gasteiger partial charge in [-0.1, -0.05) is 30.3 Å². The molecule has 11 heteroatoms. The maximum absolute atomic E-state index is 13.7. The first-order valence-electron chi connectivity index (χ1n) is 13.3. The quantitative estimate of drug-likeness (QED) is 0.542. The summed E-state index contributed by atoms with van der Waals surface area (Å²) in [5.41, 5.74) is 5.65. The average molecular weight is 567 g/mol. The molecule has 4 atom stereocenters. The van der Waals surface area contributed by atoms with Gasteiger partial charge < -0.3 is 20.1 Å². The van der Waals surface area contributed by atoms with Crippen molar-refractivity contribution in [2.75, 3.05) is 25.5 Å². The maximum Gasteiger partial charge on any atom is 0.416 e. The molecule has 1 saturated carbocycles. The van der Waals surface area contributed by atoms with Gasteiger partial charge >= 0.3 is 6.18 Å². The summed E-state index contributed by atoms with van der Waals surface area (Å²) in [5, 5.41) is 0. The minimum absolute atomic E-state index is 0.0862. The standard InChI is InChI=1S/C28H33F3N2O5S/c29-28(30,31)22-6-4-5-21(16-22)27(37-13-14-38-27)17-19-11-12-33(26(19)34)25-10-9-23(32)15-20(25)18-39(35,36)24-7-2-1-3-8-24/h1-8,16,19-20,23,25H,9-15,17-18,32H2. The monoisotopic (exact) mass is 566 g/mol. The van der Waals surface area contributed by atoms with Gasteiger partial charge in [-0.25, -0.2) is 8.42 Å². The number of rotatable bonds is 7. The topological polar surface area (TPSA) is 98.9 Å². The number of benzene rings is 2. The van der Waals surface area contributed by atoms with Crippen LogP contribution in [0, 0.1) is 11.8 Å². The molecule has 2 aromatic rings. The zero-order chi connectivity index (χ0) is 27.8. The fourth-order valence-electron chi connectivity index (χ4n) is 6.28. The third-order valence-corrected chi connectivity index (χ3v) is 10.0. The summed E-state index contributed by atoms with van der Waals surface area (Å²) in [6.45, 7) is 0.853. The third kappa shape index (κ3) is 5.86. The van der Waals surface area contributed by atoms with Crippen LogP contribution in [0.4, 0.5) is 13.2 Å². The molecule has 0 radical (unpaired) electrons. The van der Waals surface area contributed by atoms with Crippen molar-refractivity contribution >= 4 is 15.7 Å². The molecule has 2 aliphatic heterocycles. The molecule has 5 rings (SSSR count). The van der Waals surface area contributed by atoms with Crippen LogP contribution in [0.25, 0.3) is 0 Å². The highest BCUT2D eigenvalue weighted by molar-refractivity contribution is 7.91. The molecule has 2 heterocycles. The van der Waals surface area contributed by atoms with Gasteiger partial charge in [0.15, 0.2) is 15.6 Å². The summed E-state index contributed by atoms with van der Waals surface area (Å²) < 4.78 is 78.3. The van der Waals surface area contributed by atoms with E-state index in [1.54, 1.807) is 35.2 Å². The number of ether oxygens (including phenoxy) is 2. The first-order valence-corrected chi connectivity index (χ1v) is 14.9. The van der Waals surface area contributed by atoms with Crippen LogP contribution in [0.1, 0.15) is 43.2 Å². The summed E-state index contributed by atoms with van der Waals surface area (Å²) in [7, 11) is -3.58. The van der Waals surface area contributed by atoms with E-state index in [0.29, 0.717) is 32.2 Å². The number of likely N-dealkylation sites (tertiary alicyclic amines) is 1. The Balaban J connectivity index is 1.35. The van der Waals surface area contributed by atoms with Crippen LogP contribution in [-0.2, 0) is 36.1 Å². The number of nitrogens with zero attached hydrogens (tertiary/aromatic N) is 1. The molecular weight excluding hydrogens is 533 g/mol. The first kappa shape index (κ1) is 28.1. The molecule has 2 N–H and O–H groups in total. The molecular formula is C28H33F3N2O5S. The van der Waals surface area contributed by atoms with E-state index >= 15 is 0 Å². The number of hydrogen-bond donors (Lipinski definition) is 1. The van der Waals surface area contributed by atoms with Crippen molar-refractivity contribution in [1.29, 1.82) is 0 Å². The Bertz CT molecular complexity index is 1280. The van der Waals surface area contributed by atoms with Gasteiger partial charge in [0, 0.05) is 36.5 Å². The van der Waals surface area contributed by atoms with Crippen LogP contribution in [-0.4, -0.2) is 56.8 Å². The van der Waals surface area contributed by atoms with Crippen molar-refractivity contribution in [3.05, 3.63) is 65.7 Å². The van der Waals surface area contributed by atoms with Gasteiger partial charge in [-0.15, -0.1) is 0 Å². The zero-order valence-electron chi connectivity index (χ0n) is 21.5. The van der Waals surface area contributed by atoms with Crippen molar-refractivity contribution in [3.8, 4) is 0 Å². The van der Waals surface area contributed by atoms with Gasteiger partial charge in [-0.3, -0.25) is 4.79 Å². The molecule has 0 aromatic heterocycles. The zero-order valence-corrected chi connectivity index (χ0v) is 22.3. The lowest BCUT2D eigenvalue weighted by Gasteiger charge is -2.40. The highest BCUT2D eigenvalue weighted by Gasteiger charge is 2.48. The molecule has 0 bridgehead atoms. The molecule has 1 aliphatic carbocycles. The summed E-state index contributed by atoms with van der Waals surface area (Å²) in [5.74, 6) is -2.55. The van der Waals surface area contributed by atoms with Crippen LogP contribution in [0.15, 0.2) is 59.5 Å². The van der Waals surface area contributed by atoms with Crippen LogP contribution < -0.4 is 5.73 Å². The van der Waals surface area contributed by atoms with E-state index in [0.717, 1.165) is 12.1 Å². The number of sulfone groups is 1. The maximum atomic E-state index is 13.7.